The van der Waals surface area contributed by atoms with Gasteiger partial charge in [0.1, 0.15) is 0 Å². The minimum absolute atomic E-state index is 0.335. The van der Waals surface area contributed by atoms with Crippen molar-refractivity contribution in [2.45, 2.75) is 62.4 Å². The number of amides is 1. The molecular weight excluding hydrogens is 310 g/mol. The Morgan fingerprint density at radius 1 is 1.16 bits per heavy atom. The normalized spacial score (nSPS) is 28.5. The van der Waals surface area contributed by atoms with Crippen molar-refractivity contribution in [3.05, 3.63) is 35.4 Å². The van der Waals surface area contributed by atoms with Crippen LogP contribution >= 0.6 is 0 Å². The molecule has 1 aromatic carbocycles. The molecule has 0 bridgehead atoms. The van der Waals surface area contributed by atoms with Crippen LogP contribution in [-0.4, -0.2) is 54.5 Å². The highest BCUT2D eigenvalue weighted by atomic mass is 16.2. The first kappa shape index (κ1) is 17.0. The number of carbonyl (C=O) groups excluding carboxylic acids is 1. The number of carbonyl (C=O) groups is 1. The molecule has 0 saturated carbocycles. The van der Waals surface area contributed by atoms with Gasteiger partial charge in [0.05, 0.1) is 0 Å². The maximum atomic E-state index is 12.8. The monoisotopic (exact) mass is 341 g/mol. The summed E-state index contributed by atoms with van der Waals surface area (Å²) in [6, 6.07) is 9.77. The second-order valence-electron chi connectivity index (χ2n) is 8.31. The summed E-state index contributed by atoms with van der Waals surface area (Å²) < 4.78 is 0. The van der Waals surface area contributed by atoms with E-state index in [1.807, 2.05) is 0 Å². The highest BCUT2D eigenvalue weighted by Gasteiger charge is 2.42. The van der Waals surface area contributed by atoms with Crippen LogP contribution in [0, 0.1) is 0 Å². The Balaban J connectivity index is 1.36. The van der Waals surface area contributed by atoms with Crippen LogP contribution in [0.3, 0.4) is 0 Å². The number of piperidine rings is 1. The molecule has 136 valence electrons. The molecule has 1 amide bonds. The first-order valence-corrected chi connectivity index (χ1v) is 9.91. The van der Waals surface area contributed by atoms with Gasteiger partial charge in [0.25, 0.3) is 0 Å². The third kappa shape index (κ3) is 3.00. The van der Waals surface area contributed by atoms with Gasteiger partial charge in [0, 0.05) is 38.1 Å². The molecule has 25 heavy (non-hydrogen) atoms. The summed E-state index contributed by atoms with van der Waals surface area (Å²) in [5, 5.41) is 0. The molecule has 0 radical (unpaired) electrons. The van der Waals surface area contributed by atoms with Gasteiger partial charge in [0.15, 0.2) is 0 Å². The van der Waals surface area contributed by atoms with Gasteiger partial charge in [-0.25, -0.2) is 0 Å². The van der Waals surface area contributed by atoms with Gasteiger partial charge in [-0.2, -0.15) is 0 Å². The first-order valence-electron chi connectivity index (χ1n) is 9.91. The quantitative estimate of drug-likeness (QED) is 0.918. The molecule has 1 aliphatic carbocycles. The molecule has 0 aromatic heterocycles. The zero-order valence-corrected chi connectivity index (χ0v) is 15.4. The molecule has 0 unspecified atom stereocenters. The van der Waals surface area contributed by atoms with Gasteiger partial charge in [-0.1, -0.05) is 24.3 Å². The van der Waals surface area contributed by atoms with Crippen molar-refractivity contribution < 1.29 is 4.79 Å². The van der Waals surface area contributed by atoms with Gasteiger partial charge in [-0.05, 0) is 62.1 Å². The van der Waals surface area contributed by atoms with Crippen molar-refractivity contribution in [2.75, 3.05) is 26.7 Å². The lowest BCUT2D eigenvalue weighted by atomic mass is 9.74. The van der Waals surface area contributed by atoms with E-state index < -0.39 is 0 Å². The summed E-state index contributed by atoms with van der Waals surface area (Å²) in [6.07, 6.45) is 7.62. The maximum absolute atomic E-state index is 12.8. The predicted molar refractivity (Wildman–Crippen MR) is 100 cm³/mol. The van der Waals surface area contributed by atoms with Gasteiger partial charge >= 0.3 is 0 Å². The fraction of sp³-hybridized carbons (Fsp3) is 0.667. The van der Waals surface area contributed by atoms with Crippen LogP contribution in [-0.2, 0) is 16.6 Å². The zero-order valence-electron chi connectivity index (χ0n) is 15.4. The number of rotatable bonds is 3. The molecular formula is C21H31N3O. The van der Waals surface area contributed by atoms with Gasteiger partial charge < -0.3 is 10.6 Å². The number of likely N-dealkylation sites (tertiary alicyclic amines) is 2. The van der Waals surface area contributed by atoms with E-state index >= 15 is 0 Å². The highest BCUT2D eigenvalue weighted by molar-refractivity contribution is 5.77. The summed E-state index contributed by atoms with van der Waals surface area (Å²) in [7, 11) is 2.13. The Kier molecular flexibility index (Phi) is 4.59. The Hall–Kier alpha value is -1.39. The number of benzene rings is 1. The third-order valence-corrected chi connectivity index (χ3v) is 7.20. The van der Waals surface area contributed by atoms with Crippen LogP contribution in [0.15, 0.2) is 24.3 Å². The zero-order chi connectivity index (χ0) is 17.4. The Bertz CT molecular complexity index is 636. The molecule has 4 nitrogen and oxygen atoms in total. The van der Waals surface area contributed by atoms with Crippen LogP contribution in [0.4, 0.5) is 0 Å². The van der Waals surface area contributed by atoms with E-state index in [2.05, 4.69) is 41.1 Å². The van der Waals surface area contributed by atoms with E-state index in [-0.39, 0.29) is 0 Å². The Morgan fingerprint density at radius 2 is 1.88 bits per heavy atom. The Labute approximate surface area is 151 Å². The molecule has 2 aliphatic heterocycles. The maximum Gasteiger partial charge on any atom is 0.224 e. The van der Waals surface area contributed by atoms with Gasteiger partial charge in [-0.15, -0.1) is 0 Å². The van der Waals surface area contributed by atoms with Crippen molar-refractivity contribution in [1.29, 1.82) is 0 Å². The molecule has 2 atom stereocenters. The van der Waals surface area contributed by atoms with Gasteiger partial charge in [-0.3, -0.25) is 9.69 Å². The molecule has 2 fully saturated rings. The number of hydrogen-bond acceptors (Lipinski definition) is 3. The minimum atomic E-state index is 0.335. The van der Waals surface area contributed by atoms with Crippen LogP contribution in [0.5, 0.6) is 0 Å². The molecule has 4 heteroatoms. The van der Waals surface area contributed by atoms with Crippen molar-refractivity contribution >= 4 is 5.91 Å². The van der Waals surface area contributed by atoms with E-state index in [1.54, 1.807) is 5.56 Å². The van der Waals surface area contributed by atoms with Crippen LogP contribution in [0.2, 0.25) is 0 Å². The molecule has 4 rings (SSSR count). The van der Waals surface area contributed by atoms with E-state index in [1.165, 1.54) is 18.4 Å². The lowest BCUT2D eigenvalue weighted by Crippen LogP contribution is -2.46. The van der Waals surface area contributed by atoms with Crippen LogP contribution < -0.4 is 5.73 Å². The summed E-state index contributed by atoms with van der Waals surface area (Å²) in [6.45, 7) is 2.54. The molecule has 3 aliphatic rings. The van der Waals surface area contributed by atoms with Crippen LogP contribution in [0.1, 0.15) is 49.7 Å². The average Bonchev–Trinajstić information content (AvgIpc) is 3.17. The second-order valence-corrected chi connectivity index (χ2v) is 8.31. The Morgan fingerprint density at radius 3 is 2.60 bits per heavy atom. The van der Waals surface area contributed by atoms with E-state index in [0.29, 0.717) is 36.4 Å². The van der Waals surface area contributed by atoms with Crippen molar-refractivity contribution in [3.8, 4) is 0 Å². The number of fused-ring (bicyclic) bond motifs is 2. The SMILES string of the molecule is CN1[C@@H](CN)CC[C@H]1CC(=O)N1CCC2(CCc3ccccc32)CC1. The fourth-order valence-electron chi connectivity index (χ4n) is 5.42. The number of nitrogens with two attached hydrogens (primary N) is 1. The predicted octanol–water partition coefficient (Wildman–Crippen LogP) is 2.30. The number of hydrogen-bond donors (Lipinski definition) is 1. The first-order chi connectivity index (χ1) is 12.1. The molecule has 2 heterocycles. The average molecular weight is 341 g/mol. The number of nitrogens with zero attached hydrogens (tertiary/aromatic N) is 2. The number of likely N-dealkylation sites (N-methyl/N-ethyl adjacent to an activating group) is 1. The fourth-order valence-corrected chi connectivity index (χ4v) is 5.42. The summed E-state index contributed by atoms with van der Waals surface area (Å²) in [5.41, 5.74) is 9.25. The summed E-state index contributed by atoms with van der Waals surface area (Å²) in [5.74, 6) is 0.343. The summed E-state index contributed by atoms with van der Waals surface area (Å²) in [4.78, 5) is 17.3. The van der Waals surface area contributed by atoms with E-state index in [0.717, 1.165) is 38.8 Å². The lowest BCUT2D eigenvalue weighted by Gasteiger charge is -2.40. The smallest absolute Gasteiger partial charge is 0.224 e. The standard InChI is InChI=1S/C21H31N3O/c1-23-17(6-7-18(23)15-22)14-20(25)24-12-10-21(11-13-24)9-8-16-4-2-3-5-19(16)21/h2-5,17-18H,6-15,22H2,1H3/t17-,18+/m0/s1. The molecule has 2 N–H and O–H groups in total. The third-order valence-electron chi connectivity index (χ3n) is 7.20. The van der Waals surface area contributed by atoms with Crippen molar-refractivity contribution in [1.82, 2.24) is 9.80 Å². The van der Waals surface area contributed by atoms with E-state index in [9.17, 15) is 4.79 Å². The minimum Gasteiger partial charge on any atom is -0.343 e. The van der Waals surface area contributed by atoms with Crippen LogP contribution in [0.25, 0.3) is 0 Å². The van der Waals surface area contributed by atoms with Gasteiger partial charge in [0.2, 0.25) is 5.91 Å². The highest BCUT2D eigenvalue weighted by Crippen LogP contribution is 2.46. The number of aryl methyl sites for hydroxylation is 1. The molecule has 2 saturated heterocycles. The van der Waals surface area contributed by atoms with Crippen molar-refractivity contribution in [3.63, 3.8) is 0 Å². The van der Waals surface area contributed by atoms with Crippen molar-refractivity contribution in [2.24, 2.45) is 5.73 Å². The van der Waals surface area contributed by atoms with E-state index in [4.69, 9.17) is 5.73 Å². The second kappa shape index (κ2) is 6.73. The lowest BCUT2D eigenvalue weighted by molar-refractivity contribution is -0.134. The molecule has 1 spiro atoms. The topological polar surface area (TPSA) is 49.6 Å². The molecule has 1 aromatic rings. The summed E-state index contributed by atoms with van der Waals surface area (Å²) >= 11 is 0. The largest absolute Gasteiger partial charge is 0.343 e.